The molecule has 1 rings (SSSR count). The van der Waals surface area contributed by atoms with Crippen LogP contribution in [0.25, 0.3) is 0 Å². The minimum atomic E-state index is -4.18. The average molecular weight is 272 g/mol. The third-order valence-corrected chi connectivity index (χ3v) is 3.95. The normalized spacial score (nSPS) is 11.2. The van der Waals surface area contributed by atoms with Gasteiger partial charge in [-0.1, -0.05) is 5.92 Å². The maximum atomic E-state index is 13.4. The second kappa shape index (κ2) is 5.12. The lowest BCUT2D eigenvalue weighted by Crippen LogP contribution is -2.28. The Morgan fingerprint density at radius 1 is 1.56 bits per heavy atom. The Balaban J connectivity index is 3.37. The molecule has 0 aliphatic carbocycles. The van der Waals surface area contributed by atoms with E-state index in [0.717, 1.165) is 23.5 Å². The monoisotopic (exact) mass is 272 g/mol. The molecule has 6 nitrogen and oxygen atoms in total. The van der Waals surface area contributed by atoms with Gasteiger partial charge in [0.15, 0.2) is 0 Å². The number of hydrogen-bond donors (Lipinski definition) is 0. The zero-order chi connectivity index (χ0) is 13.9. The molecule has 0 fully saturated rings. The number of halogens is 1. The fourth-order valence-electron chi connectivity index (χ4n) is 1.18. The number of sulfonamides is 1. The maximum Gasteiger partial charge on any atom is 0.270 e. The van der Waals surface area contributed by atoms with Crippen LogP contribution in [0, 0.1) is 28.3 Å². The summed E-state index contributed by atoms with van der Waals surface area (Å²) >= 11 is 0. The molecule has 0 saturated carbocycles. The van der Waals surface area contributed by atoms with Crippen molar-refractivity contribution in [1.82, 2.24) is 4.31 Å². The van der Waals surface area contributed by atoms with Crippen LogP contribution in [0.3, 0.4) is 0 Å². The molecule has 0 radical (unpaired) electrons. The molecular weight excluding hydrogens is 263 g/mol. The number of nitrogens with zero attached hydrogens (tertiary/aromatic N) is 2. The molecule has 0 spiro atoms. The van der Waals surface area contributed by atoms with Gasteiger partial charge in [0.05, 0.1) is 11.5 Å². The second-order valence-corrected chi connectivity index (χ2v) is 5.35. The second-order valence-electron chi connectivity index (χ2n) is 3.34. The van der Waals surface area contributed by atoms with Crippen molar-refractivity contribution in [3.63, 3.8) is 0 Å². The highest BCUT2D eigenvalue weighted by molar-refractivity contribution is 7.89. The van der Waals surface area contributed by atoms with Gasteiger partial charge in [0.2, 0.25) is 10.0 Å². The highest BCUT2D eigenvalue weighted by Crippen LogP contribution is 2.23. The third-order valence-electron chi connectivity index (χ3n) is 2.13. The third kappa shape index (κ3) is 2.64. The molecule has 18 heavy (non-hydrogen) atoms. The number of nitro groups is 1. The van der Waals surface area contributed by atoms with E-state index in [-0.39, 0.29) is 6.54 Å². The Hall–Kier alpha value is -1.98. The highest BCUT2D eigenvalue weighted by atomic mass is 32.2. The standard InChI is InChI=1S/C10H9FN2O4S/c1-3-6-12(2)18(16,17)10-7-8(13(14)15)4-5-9(10)11/h1,4-5,7H,6H2,2H3. The smallest absolute Gasteiger partial charge is 0.258 e. The van der Waals surface area contributed by atoms with Crippen molar-refractivity contribution in [3.8, 4) is 12.3 Å². The fraction of sp³-hybridized carbons (Fsp3) is 0.200. The van der Waals surface area contributed by atoms with Gasteiger partial charge in [-0.2, -0.15) is 4.31 Å². The molecule has 0 bridgehead atoms. The van der Waals surface area contributed by atoms with E-state index in [0.29, 0.717) is 6.07 Å². The maximum absolute atomic E-state index is 13.4. The summed E-state index contributed by atoms with van der Waals surface area (Å²) in [5, 5.41) is 10.5. The predicted molar refractivity (Wildman–Crippen MR) is 61.7 cm³/mol. The highest BCUT2D eigenvalue weighted by Gasteiger charge is 2.26. The quantitative estimate of drug-likeness (QED) is 0.465. The summed E-state index contributed by atoms with van der Waals surface area (Å²) in [5.74, 6) is 1.03. The lowest BCUT2D eigenvalue weighted by atomic mass is 10.3. The Bertz CT molecular complexity index is 621. The van der Waals surface area contributed by atoms with Crippen LogP contribution in [-0.4, -0.2) is 31.2 Å². The van der Waals surface area contributed by atoms with E-state index in [9.17, 15) is 22.9 Å². The first-order chi connectivity index (χ1) is 8.30. The number of hydrogen-bond acceptors (Lipinski definition) is 4. The van der Waals surface area contributed by atoms with Crippen LogP contribution >= 0.6 is 0 Å². The van der Waals surface area contributed by atoms with Crippen molar-refractivity contribution in [3.05, 3.63) is 34.1 Å². The molecule has 8 heteroatoms. The van der Waals surface area contributed by atoms with Gasteiger partial charge in [-0.3, -0.25) is 10.1 Å². The van der Waals surface area contributed by atoms with Gasteiger partial charge in [-0.05, 0) is 6.07 Å². The zero-order valence-corrected chi connectivity index (χ0v) is 10.1. The van der Waals surface area contributed by atoms with Crippen molar-refractivity contribution >= 4 is 15.7 Å². The van der Waals surface area contributed by atoms with Gasteiger partial charge in [0.25, 0.3) is 5.69 Å². The fourth-order valence-corrected chi connectivity index (χ4v) is 2.35. The van der Waals surface area contributed by atoms with Crippen molar-refractivity contribution in [1.29, 1.82) is 0 Å². The zero-order valence-electron chi connectivity index (χ0n) is 9.33. The molecule has 0 heterocycles. The van der Waals surface area contributed by atoms with Crippen molar-refractivity contribution in [2.24, 2.45) is 0 Å². The number of rotatable bonds is 4. The molecule has 0 aliphatic rings. The lowest BCUT2D eigenvalue weighted by molar-refractivity contribution is -0.385. The topological polar surface area (TPSA) is 80.5 Å². The largest absolute Gasteiger partial charge is 0.270 e. The average Bonchev–Trinajstić information content (AvgIpc) is 2.29. The summed E-state index contributed by atoms with van der Waals surface area (Å²) in [6.45, 7) is -0.259. The summed E-state index contributed by atoms with van der Waals surface area (Å²) < 4.78 is 38.0. The Labute approximate surface area is 103 Å². The lowest BCUT2D eigenvalue weighted by Gasteiger charge is -2.14. The van der Waals surface area contributed by atoms with E-state index in [1.807, 2.05) is 0 Å². The van der Waals surface area contributed by atoms with E-state index in [2.05, 4.69) is 5.92 Å². The molecule has 0 atom stereocenters. The molecule has 1 aromatic carbocycles. The van der Waals surface area contributed by atoms with Crippen molar-refractivity contribution in [2.75, 3.05) is 13.6 Å². The van der Waals surface area contributed by atoms with Crippen LogP contribution < -0.4 is 0 Å². The molecule has 0 N–H and O–H groups in total. The SMILES string of the molecule is C#CCN(C)S(=O)(=O)c1cc([N+](=O)[O-])ccc1F. The van der Waals surface area contributed by atoms with Crippen LogP contribution in [0.1, 0.15) is 0 Å². The van der Waals surface area contributed by atoms with E-state index in [4.69, 9.17) is 6.42 Å². The number of terminal acetylenes is 1. The van der Waals surface area contributed by atoms with Crippen LogP contribution in [0.5, 0.6) is 0 Å². The van der Waals surface area contributed by atoms with E-state index in [1.54, 1.807) is 0 Å². The van der Waals surface area contributed by atoms with Gasteiger partial charge in [0.1, 0.15) is 10.7 Å². The number of benzene rings is 1. The van der Waals surface area contributed by atoms with Crippen LogP contribution in [0.4, 0.5) is 10.1 Å². The van der Waals surface area contributed by atoms with Gasteiger partial charge in [-0.15, -0.1) is 6.42 Å². The van der Waals surface area contributed by atoms with Crippen molar-refractivity contribution in [2.45, 2.75) is 4.90 Å². The Kier molecular flexibility index (Phi) is 4.00. The first-order valence-electron chi connectivity index (χ1n) is 4.64. The van der Waals surface area contributed by atoms with E-state index in [1.165, 1.54) is 0 Å². The number of non-ortho nitro benzene ring substituents is 1. The Morgan fingerprint density at radius 2 is 2.17 bits per heavy atom. The molecule has 96 valence electrons. The molecule has 0 saturated heterocycles. The molecule has 0 aromatic heterocycles. The van der Waals surface area contributed by atoms with Crippen LogP contribution in [0.15, 0.2) is 23.1 Å². The summed E-state index contributed by atoms with van der Waals surface area (Å²) in [6.07, 6.45) is 4.96. The molecule has 0 amide bonds. The van der Waals surface area contributed by atoms with Gasteiger partial charge >= 0.3 is 0 Å². The van der Waals surface area contributed by atoms with Gasteiger partial charge in [0, 0.05) is 19.2 Å². The minimum absolute atomic E-state index is 0.259. The summed E-state index contributed by atoms with van der Waals surface area (Å²) in [6, 6.07) is 2.28. The number of nitro benzene ring substituents is 1. The first-order valence-corrected chi connectivity index (χ1v) is 6.08. The van der Waals surface area contributed by atoms with Gasteiger partial charge < -0.3 is 0 Å². The van der Waals surface area contributed by atoms with Crippen molar-refractivity contribution < 1.29 is 17.7 Å². The van der Waals surface area contributed by atoms with E-state index < -0.39 is 31.3 Å². The Morgan fingerprint density at radius 3 is 2.67 bits per heavy atom. The van der Waals surface area contributed by atoms with Crippen LogP contribution in [-0.2, 0) is 10.0 Å². The molecule has 0 aliphatic heterocycles. The first kappa shape index (κ1) is 14.1. The summed E-state index contributed by atoms with van der Waals surface area (Å²) in [7, 11) is -3.02. The summed E-state index contributed by atoms with van der Waals surface area (Å²) in [4.78, 5) is 8.95. The predicted octanol–water partition coefficient (Wildman–Crippen LogP) is 0.988. The van der Waals surface area contributed by atoms with Gasteiger partial charge in [-0.25, -0.2) is 12.8 Å². The van der Waals surface area contributed by atoms with E-state index >= 15 is 0 Å². The molecular formula is C10H9FN2O4S. The van der Waals surface area contributed by atoms with Crippen LogP contribution in [0.2, 0.25) is 0 Å². The molecule has 0 unspecified atom stereocenters. The molecule has 1 aromatic rings. The minimum Gasteiger partial charge on any atom is -0.258 e. The summed E-state index contributed by atoms with van der Waals surface area (Å²) in [5.41, 5.74) is -0.510.